The average molecular weight is 336 g/mol. The van der Waals surface area contributed by atoms with Crippen molar-refractivity contribution in [2.75, 3.05) is 0 Å². The van der Waals surface area contributed by atoms with Crippen molar-refractivity contribution in [3.63, 3.8) is 0 Å². The van der Waals surface area contributed by atoms with Crippen LogP contribution in [0.1, 0.15) is 5.69 Å². The molecule has 0 atom stereocenters. The quantitative estimate of drug-likeness (QED) is 0.708. The molecule has 0 saturated carbocycles. The number of aromatic nitrogens is 2. The maximum atomic E-state index is 12.9. The van der Waals surface area contributed by atoms with Gasteiger partial charge in [-0.15, -0.1) is 0 Å². The standard InChI is InChI=1S/C11H6BrCl2FN2/c1-5-9(12)10(14)17-11(16-5)7-3-2-6(15)4-8(7)13/h2-4H,1H3. The van der Waals surface area contributed by atoms with Crippen molar-refractivity contribution < 1.29 is 4.39 Å². The molecule has 1 heterocycles. The van der Waals surface area contributed by atoms with Gasteiger partial charge >= 0.3 is 0 Å². The van der Waals surface area contributed by atoms with Crippen molar-refractivity contribution in [2.24, 2.45) is 0 Å². The Hall–Kier alpha value is -0.710. The highest BCUT2D eigenvalue weighted by atomic mass is 79.9. The third kappa shape index (κ3) is 2.59. The Morgan fingerprint density at radius 3 is 2.53 bits per heavy atom. The molecule has 2 rings (SSSR count). The summed E-state index contributed by atoms with van der Waals surface area (Å²) in [4.78, 5) is 8.34. The van der Waals surface area contributed by atoms with Gasteiger partial charge in [-0.25, -0.2) is 14.4 Å². The van der Waals surface area contributed by atoms with Crippen LogP contribution in [0.3, 0.4) is 0 Å². The Kier molecular flexibility index (Phi) is 3.66. The monoisotopic (exact) mass is 334 g/mol. The summed E-state index contributed by atoms with van der Waals surface area (Å²) in [5.41, 5.74) is 1.24. The van der Waals surface area contributed by atoms with Gasteiger partial charge in [-0.05, 0) is 41.1 Å². The normalized spacial score (nSPS) is 10.6. The number of halogens is 4. The van der Waals surface area contributed by atoms with Gasteiger partial charge in [0.2, 0.25) is 0 Å². The van der Waals surface area contributed by atoms with Gasteiger partial charge in [0.15, 0.2) is 5.82 Å². The molecule has 0 unspecified atom stereocenters. The minimum absolute atomic E-state index is 0.253. The second kappa shape index (κ2) is 4.88. The summed E-state index contributed by atoms with van der Waals surface area (Å²) in [6.45, 7) is 1.79. The van der Waals surface area contributed by atoms with E-state index in [0.717, 1.165) is 0 Å². The van der Waals surface area contributed by atoms with Crippen LogP contribution in [0.15, 0.2) is 22.7 Å². The maximum absolute atomic E-state index is 12.9. The summed E-state index contributed by atoms with van der Waals surface area (Å²) in [7, 11) is 0. The van der Waals surface area contributed by atoms with Crippen LogP contribution in [0, 0.1) is 12.7 Å². The van der Waals surface area contributed by atoms with Gasteiger partial charge in [-0.3, -0.25) is 0 Å². The van der Waals surface area contributed by atoms with E-state index in [0.29, 0.717) is 26.7 Å². The molecule has 0 aliphatic heterocycles. The fraction of sp³-hybridized carbons (Fsp3) is 0.0909. The first-order valence-electron chi connectivity index (χ1n) is 4.64. The van der Waals surface area contributed by atoms with Crippen molar-refractivity contribution in [1.82, 2.24) is 9.97 Å². The second-order valence-electron chi connectivity index (χ2n) is 3.36. The number of hydrogen-bond donors (Lipinski definition) is 0. The van der Waals surface area contributed by atoms with Crippen LogP contribution in [-0.4, -0.2) is 9.97 Å². The minimum atomic E-state index is -0.404. The van der Waals surface area contributed by atoms with E-state index in [1.165, 1.54) is 18.2 Å². The molecule has 2 nitrogen and oxygen atoms in total. The van der Waals surface area contributed by atoms with Crippen LogP contribution < -0.4 is 0 Å². The number of nitrogens with zero attached hydrogens (tertiary/aromatic N) is 2. The zero-order chi connectivity index (χ0) is 12.6. The number of aryl methyl sites for hydroxylation is 1. The van der Waals surface area contributed by atoms with E-state index in [1.54, 1.807) is 6.92 Å². The Morgan fingerprint density at radius 1 is 1.24 bits per heavy atom. The van der Waals surface area contributed by atoms with Crippen LogP contribution in [0.5, 0.6) is 0 Å². The summed E-state index contributed by atoms with van der Waals surface area (Å²) < 4.78 is 13.6. The predicted octanol–water partition coefficient (Wildman–Crippen LogP) is 4.66. The van der Waals surface area contributed by atoms with Crippen molar-refractivity contribution >= 4 is 39.1 Å². The van der Waals surface area contributed by atoms with Crippen LogP contribution in [0.2, 0.25) is 10.2 Å². The molecule has 0 aliphatic carbocycles. The summed E-state index contributed by atoms with van der Waals surface area (Å²) >= 11 is 15.1. The first-order valence-corrected chi connectivity index (χ1v) is 6.19. The van der Waals surface area contributed by atoms with Crippen molar-refractivity contribution in [1.29, 1.82) is 0 Å². The highest BCUT2D eigenvalue weighted by molar-refractivity contribution is 9.10. The molecular weight excluding hydrogens is 330 g/mol. The van der Waals surface area contributed by atoms with Gasteiger partial charge in [0.25, 0.3) is 0 Å². The number of hydrogen-bond acceptors (Lipinski definition) is 2. The molecule has 1 aromatic heterocycles. The number of rotatable bonds is 1. The molecule has 0 saturated heterocycles. The minimum Gasteiger partial charge on any atom is -0.232 e. The molecular formula is C11H6BrCl2FN2. The third-order valence-electron chi connectivity index (χ3n) is 2.15. The molecule has 0 spiro atoms. The zero-order valence-corrected chi connectivity index (χ0v) is 11.7. The lowest BCUT2D eigenvalue weighted by Crippen LogP contribution is -1.95. The predicted molar refractivity (Wildman–Crippen MR) is 69.9 cm³/mol. The lowest BCUT2D eigenvalue weighted by atomic mass is 10.2. The molecule has 0 aliphatic rings. The summed E-state index contributed by atoms with van der Waals surface area (Å²) in [6.07, 6.45) is 0. The van der Waals surface area contributed by atoms with Crippen LogP contribution in [0.4, 0.5) is 4.39 Å². The van der Waals surface area contributed by atoms with Crippen LogP contribution in [0.25, 0.3) is 11.4 Å². The topological polar surface area (TPSA) is 25.8 Å². The van der Waals surface area contributed by atoms with E-state index in [-0.39, 0.29) is 5.02 Å². The van der Waals surface area contributed by atoms with Gasteiger partial charge in [0, 0.05) is 5.56 Å². The van der Waals surface area contributed by atoms with Crippen molar-refractivity contribution in [3.05, 3.63) is 44.4 Å². The Balaban J connectivity index is 2.61. The largest absolute Gasteiger partial charge is 0.232 e. The molecule has 0 radical (unpaired) electrons. The summed E-state index contributed by atoms with van der Waals surface area (Å²) in [5.74, 6) is -0.0284. The van der Waals surface area contributed by atoms with E-state index in [2.05, 4.69) is 25.9 Å². The summed E-state index contributed by atoms with van der Waals surface area (Å²) in [6, 6.07) is 4.04. The molecule has 0 fully saturated rings. The second-order valence-corrected chi connectivity index (χ2v) is 4.92. The van der Waals surface area contributed by atoms with E-state index in [1.807, 2.05) is 0 Å². The van der Waals surface area contributed by atoms with Crippen LogP contribution >= 0.6 is 39.1 Å². The van der Waals surface area contributed by atoms with Gasteiger partial charge in [-0.2, -0.15) is 0 Å². The van der Waals surface area contributed by atoms with E-state index >= 15 is 0 Å². The molecule has 6 heteroatoms. The summed E-state index contributed by atoms with van der Waals surface area (Å²) in [5, 5.41) is 0.552. The lowest BCUT2D eigenvalue weighted by Gasteiger charge is -2.06. The molecule has 0 bridgehead atoms. The van der Waals surface area contributed by atoms with Gasteiger partial charge in [0.05, 0.1) is 15.2 Å². The Bertz CT molecular complexity index is 567. The fourth-order valence-electron chi connectivity index (χ4n) is 1.32. The van der Waals surface area contributed by atoms with Crippen molar-refractivity contribution in [2.45, 2.75) is 6.92 Å². The maximum Gasteiger partial charge on any atom is 0.162 e. The SMILES string of the molecule is Cc1nc(-c2ccc(F)cc2Cl)nc(Cl)c1Br. The van der Waals surface area contributed by atoms with Gasteiger partial charge in [-0.1, -0.05) is 23.2 Å². The fourth-order valence-corrected chi connectivity index (χ4v) is 1.96. The smallest absolute Gasteiger partial charge is 0.162 e. The van der Waals surface area contributed by atoms with Crippen LogP contribution in [-0.2, 0) is 0 Å². The molecule has 2 aromatic rings. The van der Waals surface area contributed by atoms with Gasteiger partial charge < -0.3 is 0 Å². The zero-order valence-electron chi connectivity index (χ0n) is 8.64. The molecule has 0 amide bonds. The Labute approximate surface area is 116 Å². The highest BCUT2D eigenvalue weighted by Gasteiger charge is 2.12. The van der Waals surface area contributed by atoms with Crippen molar-refractivity contribution in [3.8, 4) is 11.4 Å². The molecule has 1 aromatic carbocycles. The average Bonchev–Trinajstić information content (AvgIpc) is 2.25. The lowest BCUT2D eigenvalue weighted by molar-refractivity contribution is 0.628. The highest BCUT2D eigenvalue weighted by Crippen LogP contribution is 2.30. The third-order valence-corrected chi connectivity index (χ3v) is 3.91. The van der Waals surface area contributed by atoms with E-state index in [9.17, 15) is 4.39 Å². The van der Waals surface area contributed by atoms with E-state index in [4.69, 9.17) is 23.2 Å². The Morgan fingerprint density at radius 2 is 1.94 bits per heavy atom. The number of benzene rings is 1. The first-order chi connectivity index (χ1) is 7.99. The molecule has 0 N–H and O–H groups in total. The molecule has 17 heavy (non-hydrogen) atoms. The van der Waals surface area contributed by atoms with E-state index < -0.39 is 5.82 Å². The first kappa shape index (κ1) is 12.7. The molecule has 88 valence electrons. The van der Waals surface area contributed by atoms with Gasteiger partial charge in [0.1, 0.15) is 11.0 Å².